The van der Waals surface area contributed by atoms with Gasteiger partial charge in [0.15, 0.2) is 6.54 Å². The molecule has 2 rings (SSSR count). The van der Waals surface area contributed by atoms with E-state index in [1.165, 1.54) is 17.4 Å². The van der Waals surface area contributed by atoms with Gasteiger partial charge in [-0.15, -0.1) is 0 Å². The Bertz CT molecular complexity index is 709. The minimum Gasteiger partial charge on any atom is -0.467 e. The molecule has 27 heavy (non-hydrogen) atoms. The summed E-state index contributed by atoms with van der Waals surface area (Å²) in [7, 11) is 0. The van der Waals surface area contributed by atoms with Crippen LogP contribution in [0.3, 0.4) is 0 Å². The van der Waals surface area contributed by atoms with Crippen LogP contribution in [0.2, 0.25) is 0 Å². The smallest absolute Gasteiger partial charge is 0.321 e. The number of hydrogen-bond acceptors (Lipinski definition) is 3. The molecule has 6 nitrogen and oxygen atoms in total. The first-order valence-corrected chi connectivity index (χ1v) is 9.51. The van der Waals surface area contributed by atoms with Gasteiger partial charge < -0.3 is 15.1 Å². The van der Waals surface area contributed by atoms with Crippen molar-refractivity contribution in [2.24, 2.45) is 5.92 Å². The van der Waals surface area contributed by atoms with Crippen LogP contribution >= 0.6 is 0 Å². The number of hydrogen-bond donors (Lipinski definition) is 3. The molecule has 0 saturated carbocycles. The highest BCUT2D eigenvalue weighted by atomic mass is 16.3. The van der Waals surface area contributed by atoms with E-state index in [-0.39, 0.29) is 25.0 Å². The van der Waals surface area contributed by atoms with Gasteiger partial charge in [-0.3, -0.25) is 10.1 Å². The van der Waals surface area contributed by atoms with Crippen LogP contribution in [-0.4, -0.2) is 18.5 Å². The third kappa shape index (κ3) is 6.90. The molecule has 0 fully saturated rings. The average molecular weight is 372 g/mol. The van der Waals surface area contributed by atoms with E-state index >= 15 is 0 Å². The van der Waals surface area contributed by atoms with Crippen molar-refractivity contribution in [2.75, 3.05) is 6.54 Å². The number of aryl methyl sites for hydroxylation is 1. The number of quaternary nitrogens is 1. The summed E-state index contributed by atoms with van der Waals surface area (Å²) in [4.78, 5) is 23.9. The lowest BCUT2D eigenvalue weighted by Crippen LogP contribution is -2.88. The molecular formula is C21H30N3O3+. The molecule has 0 radical (unpaired) electrons. The van der Waals surface area contributed by atoms with Crippen molar-refractivity contribution < 1.29 is 19.3 Å². The van der Waals surface area contributed by atoms with Crippen molar-refractivity contribution in [1.29, 1.82) is 0 Å². The minimum atomic E-state index is -0.519. The highest BCUT2D eigenvalue weighted by molar-refractivity contribution is 5.94. The first-order valence-electron chi connectivity index (χ1n) is 9.51. The van der Waals surface area contributed by atoms with Crippen LogP contribution < -0.4 is 16.0 Å². The summed E-state index contributed by atoms with van der Waals surface area (Å²) in [5, 5.41) is 6.93. The van der Waals surface area contributed by atoms with Crippen LogP contribution in [0.15, 0.2) is 47.1 Å². The maximum Gasteiger partial charge on any atom is 0.321 e. The van der Waals surface area contributed by atoms with Crippen molar-refractivity contribution in [3.05, 3.63) is 59.5 Å². The maximum atomic E-state index is 12.1. The third-order valence-electron chi connectivity index (χ3n) is 4.43. The van der Waals surface area contributed by atoms with Crippen LogP contribution in [0, 0.1) is 5.92 Å². The van der Waals surface area contributed by atoms with Gasteiger partial charge in [0.25, 0.3) is 5.91 Å². The van der Waals surface area contributed by atoms with Crippen LogP contribution in [0.5, 0.6) is 0 Å². The molecule has 0 saturated heterocycles. The topological polar surface area (TPSA) is 88.0 Å². The molecular weight excluding hydrogens is 342 g/mol. The standard InChI is InChI=1S/C21H29N3O3/c1-4-6-16-8-10-17(11-9-16)20(15(2)3)22-14-19(25)24-21(26)23-13-18-7-5-12-27-18/h5,7-12,15,20,22H,4,6,13-14H2,1-3H3,(H2,23,24,25,26)/p+1/t20-/m1/s1. The van der Waals surface area contributed by atoms with E-state index in [1.807, 2.05) is 5.32 Å². The largest absolute Gasteiger partial charge is 0.467 e. The molecule has 146 valence electrons. The number of furan rings is 1. The first kappa shape index (κ1) is 20.7. The fourth-order valence-electron chi connectivity index (χ4n) is 3.02. The van der Waals surface area contributed by atoms with Crippen LogP contribution in [-0.2, 0) is 17.8 Å². The normalized spacial score (nSPS) is 12.0. The number of imide groups is 1. The Hall–Kier alpha value is -2.60. The Morgan fingerprint density at radius 1 is 1.15 bits per heavy atom. The van der Waals surface area contributed by atoms with Gasteiger partial charge in [0.05, 0.1) is 12.8 Å². The highest BCUT2D eigenvalue weighted by Gasteiger charge is 2.21. The Morgan fingerprint density at radius 2 is 1.89 bits per heavy atom. The van der Waals surface area contributed by atoms with Gasteiger partial charge >= 0.3 is 6.03 Å². The lowest BCUT2D eigenvalue weighted by atomic mass is 9.94. The van der Waals surface area contributed by atoms with Gasteiger partial charge in [-0.2, -0.15) is 0 Å². The molecule has 2 aromatic rings. The van der Waals surface area contributed by atoms with Crippen molar-refractivity contribution in [3.63, 3.8) is 0 Å². The number of rotatable bonds is 9. The number of benzene rings is 1. The van der Waals surface area contributed by atoms with E-state index in [4.69, 9.17) is 4.42 Å². The monoisotopic (exact) mass is 372 g/mol. The fourth-order valence-corrected chi connectivity index (χ4v) is 3.02. The molecule has 1 heterocycles. The van der Waals surface area contributed by atoms with Gasteiger partial charge in [-0.1, -0.05) is 51.5 Å². The number of urea groups is 1. The Labute approximate surface area is 160 Å². The molecule has 0 aliphatic carbocycles. The summed E-state index contributed by atoms with van der Waals surface area (Å²) >= 11 is 0. The molecule has 1 atom stereocenters. The summed E-state index contributed by atoms with van der Waals surface area (Å²) in [6.07, 6.45) is 3.74. The van der Waals surface area contributed by atoms with Crippen LogP contribution in [0.25, 0.3) is 0 Å². The van der Waals surface area contributed by atoms with E-state index < -0.39 is 6.03 Å². The van der Waals surface area contributed by atoms with Gasteiger partial charge in [-0.05, 0) is 24.1 Å². The van der Waals surface area contributed by atoms with E-state index in [1.54, 1.807) is 12.1 Å². The molecule has 0 aliphatic rings. The predicted molar refractivity (Wildman–Crippen MR) is 104 cm³/mol. The Morgan fingerprint density at radius 3 is 2.48 bits per heavy atom. The van der Waals surface area contributed by atoms with Gasteiger partial charge in [0.2, 0.25) is 0 Å². The molecule has 0 unspecified atom stereocenters. The fraction of sp³-hybridized carbons (Fsp3) is 0.429. The molecule has 1 aromatic heterocycles. The molecule has 6 heteroatoms. The molecule has 0 aliphatic heterocycles. The maximum absolute atomic E-state index is 12.1. The second-order valence-electron chi connectivity index (χ2n) is 7.01. The SMILES string of the molecule is CCCc1ccc([C@H]([NH2+]CC(=O)NC(=O)NCc2ccco2)C(C)C)cc1. The number of carbonyl (C=O) groups is 2. The first-order chi connectivity index (χ1) is 13.0. The second kappa shape index (κ2) is 10.5. The Balaban J connectivity index is 1.81. The summed E-state index contributed by atoms with van der Waals surface area (Å²) < 4.78 is 5.13. The van der Waals surface area contributed by atoms with Crippen molar-refractivity contribution in [2.45, 2.75) is 46.2 Å². The number of carbonyl (C=O) groups excluding carboxylic acids is 2. The van der Waals surface area contributed by atoms with Crippen molar-refractivity contribution >= 4 is 11.9 Å². The lowest BCUT2D eigenvalue weighted by Gasteiger charge is -2.19. The zero-order valence-corrected chi connectivity index (χ0v) is 16.3. The quantitative estimate of drug-likeness (QED) is 0.632. The second-order valence-corrected chi connectivity index (χ2v) is 7.01. The van der Waals surface area contributed by atoms with Crippen LogP contribution in [0.4, 0.5) is 4.79 Å². The predicted octanol–water partition coefficient (Wildman–Crippen LogP) is 2.52. The average Bonchev–Trinajstić information content (AvgIpc) is 3.15. The summed E-state index contributed by atoms with van der Waals surface area (Å²) in [5.74, 6) is 0.679. The van der Waals surface area contributed by atoms with E-state index in [0.29, 0.717) is 11.7 Å². The number of amides is 3. The zero-order valence-electron chi connectivity index (χ0n) is 16.3. The lowest BCUT2D eigenvalue weighted by molar-refractivity contribution is -0.692. The van der Waals surface area contributed by atoms with Crippen molar-refractivity contribution in [1.82, 2.24) is 10.6 Å². The van der Waals surface area contributed by atoms with Gasteiger partial charge in [0, 0.05) is 11.5 Å². The van der Waals surface area contributed by atoms with E-state index in [0.717, 1.165) is 12.8 Å². The molecule has 0 bridgehead atoms. The summed E-state index contributed by atoms with van der Waals surface area (Å²) in [6.45, 7) is 6.87. The molecule has 4 N–H and O–H groups in total. The van der Waals surface area contributed by atoms with E-state index in [9.17, 15) is 9.59 Å². The minimum absolute atomic E-state index is 0.164. The molecule has 1 aromatic carbocycles. The summed E-state index contributed by atoms with van der Waals surface area (Å²) in [6, 6.07) is 11.7. The number of nitrogens with two attached hydrogens (primary N) is 1. The highest BCUT2D eigenvalue weighted by Crippen LogP contribution is 2.18. The zero-order chi connectivity index (χ0) is 19.6. The molecule has 0 spiro atoms. The third-order valence-corrected chi connectivity index (χ3v) is 4.43. The molecule has 3 amide bonds. The summed E-state index contributed by atoms with van der Waals surface area (Å²) in [5.41, 5.74) is 2.52. The van der Waals surface area contributed by atoms with Gasteiger partial charge in [-0.25, -0.2) is 4.79 Å². The Kier molecular flexibility index (Phi) is 8.07. The number of nitrogens with one attached hydrogen (secondary N) is 2. The van der Waals surface area contributed by atoms with E-state index in [2.05, 4.69) is 55.7 Å². The van der Waals surface area contributed by atoms with Crippen LogP contribution in [0.1, 0.15) is 50.1 Å². The van der Waals surface area contributed by atoms with Gasteiger partial charge in [0.1, 0.15) is 11.8 Å². The van der Waals surface area contributed by atoms with Crippen molar-refractivity contribution in [3.8, 4) is 0 Å².